The van der Waals surface area contributed by atoms with Crippen molar-refractivity contribution in [2.75, 3.05) is 12.3 Å². The second-order valence-electron chi connectivity index (χ2n) is 8.31. The van der Waals surface area contributed by atoms with Crippen LogP contribution in [0.5, 0.6) is 0 Å². The monoisotopic (exact) mass is 478 g/mol. The molecule has 1 fully saturated rings. The van der Waals surface area contributed by atoms with E-state index in [1.165, 1.54) is 16.8 Å². The number of hydrogen-bond acceptors (Lipinski definition) is 4. The highest BCUT2D eigenvalue weighted by molar-refractivity contribution is 5.80. The molecule has 5 rings (SSSR count). The summed E-state index contributed by atoms with van der Waals surface area (Å²) in [7, 11) is 0. The fourth-order valence-electron chi connectivity index (χ4n) is 4.23. The summed E-state index contributed by atoms with van der Waals surface area (Å²) in [4.78, 5) is 14.5. The molecule has 1 saturated heterocycles. The average molecular weight is 478 g/mol. The topological polar surface area (TPSA) is 73.4 Å². The molecule has 2 unspecified atom stereocenters. The number of carbonyl (C=O) groups excluding carboxylic acids is 1. The van der Waals surface area contributed by atoms with Gasteiger partial charge in [-0.15, -0.1) is 0 Å². The smallest absolute Gasteiger partial charge is 0.251 e. The fraction of sp³-hybridized carbons (Fsp3) is 0.154. The zero-order valence-electron chi connectivity index (χ0n) is 18.7. The van der Waals surface area contributed by atoms with Gasteiger partial charge >= 0.3 is 0 Å². The lowest BCUT2D eigenvalue weighted by atomic mass is 10.0. The highest BCUT2D eigenvalue weighted by Gasteiger charge is 2.40. The van der Waals surface area contributed by atoms with Crippen LogP contribution in [0.4, 0.5) is 18.9 Å². The molecule has 0 bridgehead atoms. The van der Waals surface area contributed by atoms with Gasteiger partial charge in [0.05, 0.1) is 11.7 Å². The van der Waals surface area contributed by atoms with Crippen molar-refractivity contribution < 1.29 is 22.7 Å². The van der Waals surface area contributed by atoms with Crippen molar-refractivity contribution >= 4 is 11.6 Å². The maximum Gasteiger partial charge on any atom is 0.251 e. The molecule has 1 aliphatic heterocycles. The fourth-order valence-corrected chi connectivity index (χ4v) is 4.23. The second-order valence-corrected chi connectivity index (χ2v) is 8.31. The van der Waals surface area contributed by atoms with Crippen LogP contribution in [0.1, 0.15) is 30.5 Å². The summed E-state index contributed by atoms with van der Waals surface area (Å²) in [6, 6.07) is 15.6. The SMILES string of the molecule is CC(c1ccc(N)cc1)N1C(=O)COC1c1nn(-c2cc(F)cc(F)c2)cc1-c1ccc(F)cc1. The number of carbonyl (C=O) groups is 1. The number of hydrogen-bond donors (Lipinski definition) is 1. The van der Waals surface area contributed by atoms with Crippen molar-refractivity contribution in [3.05, 3.63) is 102 Å². The largest absolute Gasteiger partial charge is 0.399 e. The first-order valence-electron chi connectivity index (χ1n) is 10.9. The third-order valence-electron chi connectivity index (χ3n) is 5.99. The molecule has 2 heterocycles. The van der Waals surface area contributed by atoms with Gasteiger partial charge in [-0.25, -0.2) is 17.9 Å². The molecule has 6 nitrogen and oxygen atoms in total. The maximum absolute atomic E-state index is 13.9. The summed E-state index contributed by atoms with van der Waals surface area (Å²) < 4.78 is 48.6. The Labute approximate surface area is 199 Å². The number of nitrogens with two attached hydrogens (primary N) is 1. The van der Waals surface area contributed by atoms with Gasteiger partial charge in [-0.2, -0.15) is 5.10 Å². The minimum Gasteiger partial charge on any atom is -0.399 e. The summed E-state index contributed by atoms with van der Waals surface area (Å²) in [5.41, 5.74) is 8.89. The van der Waals surface area contributed by atoms with E-state index in [-0.39, 0.29) is 24.2 Å². The molecule has 3 aromatic carbocycles. The van der Waals surface area contributed by atoms with Crippen LogP contribution in [-0.2, 0) is 9.53 Å². The Morgan fingerprint density at radius 1 is 0.971 bits per heavy atom. The van der Waals surface area contributed by atoms with Crippen molar-refractivity contribution in [2.45, 2.75) is 19.2 Å². The number of ether oxygens (including phenoxy) is 1. The highest BCUT2D eigenvalue weighted by atomic mass is 19.1. The van der Waals surface area contributed by atoms with E-state index < -0.39 is 23.7 Å². The van der Waals surface area contributed by atoms with Gasteiger partial charge in [0, 0.05) is 23.5 Å². The molecule has 178 valence electrons. The third kappa shape index (κ3) is 4.38. The molecule has 4 aromatic rings. The zero-order valence-corrected chi connectivity index (χ0v) is 18.7. The molecule has 2 N–H and O–H groups in total. The van der Waals surface area contributed by atoms with E-state index in [9.17, 15) is 18.0 Å². The Morgan fingerprint density at radius 2 is 1.63 bits per heavy atom. The van der Waals surface area contributed by atoms with Gasteiger partial charge in [0.25, 0.3) is 5.91 Å². The van der Waals surface area contributed by atoms with E-state index >= 15 is 0 Å². The number of nitrogen functional groups attached to an aromatic ring is 1. The van der Waals surface area contributed by atoms with Crippen LogP contribution in [0.3, 0.4) is 0 Å². The molecule has 0 saturated carbocycles. The standard InChI is InChI=1S/C26H21F3N4O2/c1-15(16-4-8-21(30)9-5-16)33-24(34)14-35-26(33)25-23(17-2-6-18(27)7-3-17)13-32(31-25)22-11-19(28)10-20(29)12-22/h2-13,15,26H,14,30H2,1H3. The van der Waals surface area contributed by atoms with E-state index in [0.29, 0.717) is 22.5 Å². The average Bonchev–Trinajstić information content (AvgIpc) is 3.43. The third-order valence-corrected chi connectivity index (χ3v) is 5.99. The zero-order chi connectivity index (χ0) is 24.7. The molecule has 1 aliphatic rings. The quantitative estimate of drug-likeness (QED) is 0.403. The van der Waals surface area contributed by atoms with E-state index in [2.05, 4.69) is 5.10 Å². The summed E-state index contributed by atoms with van der Waals surface area (Å²) in [5.74, 6) is -2.17. The van der Waals surface area contributed by atoms with Crippen LogP contribution >= 0.6 is 0 Å². The van der Waals surface area contributed by atoms with Gasteiger partial charge in [-0.1, -0.05) is 24.3 Å². The molecule has 2 atom stereocenters. The number of halogens is 3. The molecule has 9 heteroatoms. The summed E-state index contributed by atoms with van der Waals surface area (Å²) in [6.45, 7) is 1.70. The normalized spacial score (nSPS) is 16.6. The highest BCUT2D eigenvalue weighted by Crippen LogP contribution is 2.39. The van der Waals surface area contributed by atoms with E-state index in [1.54, 1.807) is 35.4 Å². The predicted molar refractivity (Wildman–Crippen MR) is 124 cm³/mol. The van der Waals surface area contributed by atoms with E-state index in [1.807, 2.05) is 19.1 Å². The number of nitrogens with zero attached hydrogens (tertiary/aromatic N) is 3. The number of benzene rings is 3. The lowest BCUT2D eigenvalue weighted by Crippen LogP contribution is -2.32. The Kier molecular flexibility index (Phi) is 5.78. The minimum absolute atomic E-state index is 0.152. The van der Waals surface area contributed by atoms with Gasteiger partial charge in [0.2, 0.25) is 0 Å². The van der Waals surface area contributed by atoms with Crippen LogP contribution in [-0.4, -0.2) is 27.2 Å². The summed E-state index contributed by atoms with van der Waals surface area (Å²) in [6.07, 6.45) is 0.699. The van der Waals surface area contributed by atoms with Gasteiger partial charge in [-0.05, 0) is 54.4 Å². The van der Waals surface area contributed by atoms with Gasteiger partial charge < -0.3 is 15.4 Å². The summed E-state index contributed by atoms with van der Waals surface area (Å²) >= 11 is 0. The molecule has 0 spiro atoms. The minimum atomic E-state index is -0.880. The van der Waals surface area contributed by atoms with Gasteiger partial charge in [0.15, 0.2) is 6.23 Å². The Morgan fingerprint density at radius 3 is 2.29 bits per heavy atom. The molecule has 1 amide bonds. The Balaban J connectivity index is 1.62. The lowest BCUT2D eigenvalue weighted by Gasteiger charge is -2.29. The van der Waals surface area contributed by atoms with Crippen molar-refractivity contribution in [3.63, 3.8) is 0 Å². The Bertz CT molecular complexity index is 1370. The van der Waals surface area contributed by atoms with Crippen LogP contribution in [0.15, 0.2) is 72.9 Å². The molecular weight excluding hydrogens is 457 g/mol. The van der Waals surface area contributed by atoms with Crippen molar-refractivity contribution in [2.24, 2.45) is 0 Å². The van der Waals surface area contributed by atoms with Crippen molar-refractivity contribution in [1.82, 2.24) is 14.7 Å². The second kappa shape index (κ2) is 8.92. The first-order valence-corrected chi connectivity index (χ1v) is 10.9. The number of aromatic nitrogens is 2. The number of anilines is 1. The van der Waals surface area contributed by atoms with Gasteiger partial charge in [-0.3, -0.25) is 4.79 Å². The van der Waals surface area contributed by atoms with Crippen LogP contribution in [0, 0.1) is 17.5 Å². The van der Waals surface area contributed by atoms with Crippen LogP contribution in [0.2, 0.25) is 0 Å². The van der Waals surface area contributed by atoms with E-state index in [0.717, 1.165) is 23.8 Å². The number of amides is 1. The molecule has 1 aromatic heterocycles. The van der Waals surface area contributed by atoms with Gasteiger partial charge in [0.1, 0.15) is 29.8 Å². The molecule has 35 heavy (non-hydrogen) atoms. The van der Waals surface area contributed by atoms with E-state index in [4.69, 9.17) is 10.5 Å². The predicted octanol–water partition coefficient (Wildman–Crippen LogP) is 5.16. The van der Waals surface area contributed by atoms with Crippen molar-refractivity contribution in [1.29, 1.82) is 0 Å². The lowest BCUT2D eigenvalue weighted by molar-refractivity contribution is -0.130. The Hall–Kier alpha value is -4.11. The summed E-state index contributed by atoms with van der Waals surface area (Å²) in [5, 5.41) is 4.57. The molecule has 0 radical (unpaired) electrons. The van der Waals surface area contributed by atoms with Crippen molar-refractivity contribution in [3.8, 4) is 16.8 Å². The molecular formula is C26H21F3N4O2. The van der Waals surface area contributed by atoms with Crippen LogP contribution in [0.25, 0.3) is 16.8 Å². The van der Waals surface area contributed by atoms with Crippen LogP contribution < -0.4 is 5.73 Å². The first kappa shape index (κ1) is 22.7. The molecule has 0 aliphatic carbocycles. The number of rotatable bonds is 5. The first-order chi connectivity index (χ1) is 16.8. The maximum atomic E-state index is 13.9.